The van der Waals surface area contributed by atoms with E-state index < -0.39 is 16.8 Å². The van der Waals surface area contributed by atoms with E-state index in [-0.39, 0.29) is 6.10 Å². The third-order valence-corrected chi connectivity index (χ3v) is 4.76. The van der Waals surface area contributed by atoms with Gasteiger partial charge in [0.1, 0.15) is 18.8 Å². The maximum Gasteiger partial charge on any atom is 0.321 e. The minimum atomic E-state index is -0.992. The van der Waals surface area contributed by atoms with Crippen LogP contribution < -0.4 is 15.2 Å². The molecule has 1 aromatic carbocycles. The largest absolute Gasteiger partial charge is 0.486 e. The van der Waals surface area contributed by atoms with E-state index in [0.29, 0.717) is 12.4 Å². The zero-order valence-corrected chi connectivity index (χ0v) is 12.4. The average molecular weight is 297 g/mol. The maximum absolute atomic E-state index is 11.0. The molecule has 1 unspecified atom stereocenters. The average Bonchev–Trinajstić information content (AvgIpc) is 2.44. The molecule has 5 nitrogen and oxygen atoms in total. The molecule has 1 aromatic rings. The highest BCUT2D eigenvalue weighted by molar-refractivity contribution is 8.00. The van der Waals surface area contributed by atoms with Gasteiger partial charge >= 0.3 is 5.97 Å². The zero-order valence-electron chi connectivity index (χ0n) is 11.5. The van der Waals surface area contributed by atoms with E-state index in [4.69, 9.17) is 20.3 Å². The van der Waals surface area contributed by atoms with Gasteiger partial charge in [-0.1, -0.05) is 12.1 Å². The fourth-order valence-electron chi connectivity index (χ4n) is 1.84. The van der Waals surface area contributed by atoms with Crippen molar-refractivity contribution in [3.63, 3.8) is 0 Å². The molecule has 1 aliphatic rings. The number of carbonyl (C=O) groups is 1. The lowest BCUT2D eigenvalue weighted by Crippen LogP contribution is -2.47. The Balaban J connectivity index is 1.91. The summed E-state index contributed by atoms with van der Waals surface area (Å²) in [5.41, 5.74) is 5.69. The number of hydrogen-bond donors (Lipinski definition) is 2. The van der Waals surface area contributed by atoms with Crippen LogP contribution in [0.1, 0.15) is 13.8 Å². The molecule has 110 valence electrons. The third-order valence-electron chi connectivity index (χ3n) is 3.22. The van der Waals surface area contributed by atoms with E-state index in [2.05, 4.69) is 0 Å². The van der Waals surface area contributed by atoms with E-state index in [1.807, 2.05) is 38.1 Å². The zero-order chi connectivity index (χ0) is 14.8. The lowest BCUT2D eigenvalue weighted by atomic mass is 10.1. The molecule has 6 heteroatoms. The second-order valence-electron chi connectivity index (χ2n) is 5.23. The topological polar surface area (TPSA) is 81.8 Å². The highest BCUT2D eigenvalue weighted by Crippen LogP contribution is 2.34. The highest BCUT2D eigenvalue weighted by Gasteiger charge is 2.34. The molecule has 0 amide bonds. The number of fused-ring (bicyclic) bond motifs is 1. The molecule has 0 bridgehead atoms. The number of rotatable bonds is 5. The van der Waals surface area contributed by atoms with Gasteiger partial charge in [0.25, 0.3) is 0 Å². The monoisotopic (exact) mass is 297 g/mol. The van der Waals surface area contributed by atoms with E-state index >= 15 is 0 Å². The van der Waals surface area contributed by atoms with Crippen molar-refractivity contribution in [1.82, 2.24) is 0 Å². The van der Waals surface area contributed by atoms with Gasteiger partial charge in [0.2, 0.25) is 0 Å². The second-order valence-corrected chi connectivity index (χ2v) is 6.90. The molecule has 0 aliphatic carbocycles. The summed E-state index contributed by atoms with van der Waals surface area (Å²) in [5.74, 6) is 1.11. The van der Waals surface area contributed by atoms with Crippen molar-refractivity contribution >= 4 is 17.7 Å². The summed E-state index contributed by atoms with van der Waals surface area (Å²) < 4.78 is 10.9. The molecule has 0 spiro atoms. The number of aliphatic carboxylic acids is 1. The van der Waals surface area contributed by atoms with Crippen LogP contribution in [0.4, 0.5) is 0 Å². The summed E-state index contributed by atoms with van der Waals surface area (Å²) in [6, 6.07) is 6.60. The number of ether oxygens (including phenoxy) is 2. The minimum absolute atomic E-state index is 0.102. The van der Waals surface area contributed by atoms with Crippen LogP contribution in [-0.2, 0) is 4.79 Å². The Morgan fingerprint density at radius 2 is 2.15 bits per heavy atom. The van der Waals surface area contributed by atoms with E-state index in [1.165, 1.54) is 11.8 Å². The summed E-state index contributed by atoms with van der Waals surface area (Å²) in [6.45, 7) is 4.12. The molecular formula is C14H19NO4S. The number of hydrogen-bond acceptors (Lipinski definition) is 5. The fourth-order valence-corrected chi connectivity index (χ4v) is 2.90. The summed E-state index contributed by atoms with van der Waals surface area (Å²) in [4.78, 5) is 11.0. The Bertz CT molecular complexity index is 492. The van der Waals surface area contributed by atoms with Crippen molar-refractivity contribution in [2.75, 3.05) is 12.4 Å². The predicted octanol–water partition coefficient (Wildman–Crippen LogP) is 1.75. The van der Waals surface area contributed by atoms with Gasteiger partial charge in [0, 0.05) is 10.5 Å². The lowest BCUT2D eigenvalue weighted by Gasteiger charge is -2.31. The summed E-state index contributed by atoms with van der Waals surface area (Å²) in [7, 11) is 0. The number of thioether (sulfide) groups is 1. The van der Waals surface area contributed by atoms with Crippen LogP contribution in [0.2, 0.25) is 0 Å². The quantitative estimate of drug-likeness (QED) is 0.861. The van der Waals surface area contributed by atoms with Crippen LogP contribution in [-0.4, -0.2) is 40.3 Å². The molecule has 2 rings (SSSR count). The van der Waals surface area contributed by atoms with E-state index in [9.17, 15) is 4.79 Å². The Hall–Kier alpha value is -1.40. The third kappa shape index (κ3) is 3.37. The Morgan fingerprint density at radius 1 is 1.50 bits per heavy atom. The molecular weight excluding hydrogens is 278 g/mol. The van der Waals surface area contributed by atoms with Crippen molar-refractivity contribution in [3.8, 4) is 11.5 Å². The molecule has 2 atom stereocenters. The summed E-state index contributed by atoms with van der Waals surface area (Å²) >= 11 is 1.49. The highest BCUT2D eigenvalue weighted by atomic mass is 32.2. The molecule has 0 fully saturated rings. The number of carboxylic acid groups (broad SMARTS) is 1. The van der Waals surface area contributed by atoms with E-state index in [0.717, 1.165) is 11.5 Å². The first-order valence-electron chi connectivity index (χ1n) is 6.41. The predicted molar refractivity (Wildman–Crippen MR) is 78.5 cm³/mol. The molecule has 20 heavy (non-hydrogen) atoms. The molecule has 0 aromatic heterocycles. The van der Waals surface area contributed by atoms with Crippen LogP contribution in [0.15, 0.2) is 24.3 Å². The number of benzene rings is 1. The van der Waals surface area contributed by atoms with Crippen LogP contribution in [0.5, 0.6) is 11.5 Å². The second kappa shape index (κ2) is 5.93. The van der Waals surface area contributed by atoms with Crippen LogP contribution in [0.3, 0.4) is 0 Å². The van der Waals surface area contributed by atoms with Gasteiger partial charge in [-0.2, -0.15) is 0 Å². The van der Waals surface area contributed by atoms with Crippen molar-refractivity contribution in [2.24, 2.45) is 5.73 Å². The summed E-state index contributed by atoms with van der Waals surface area (Å²) in [6.07, 6.45) is -0.102. The van der Waals surface area contributed by atoms with Gasteiger partial charge < -0.3 is 20.3 Å². The van der Waals surface area contributed by atoms with E-state index in [1.54, 1.807) is 0 Å². The van der Waals surface area contributed by atoms with Gasteiger partial charge in [0.05, 0.1) is 0 Å². The fraction of sp³-hybridized carbons (Fsp3) is 0.500. The van der Waals surface area contributed by atoms with Crippen molar-refractivity contribution in [1.29, 1.82) is 0 Å². The first kappa shape index (κ1) is 15.0. The van der Waals surface area contributed by atoms with Gasteiger partial charge in [0.15, 0.2) is 11.5 Å². The number of carboxylic acids is 1. The Kier molecular flexibility index (Phi) is 4.45. The maximum atomic E-state index is 11.0. The molecule has 0 saturated heterocycles. The minimum Gasteiger partial charge on any atom is -0.486 e. The first-order chi connectivity index (χ1) is 9.40. The number of nitrogens with two attached hydrogens (primary N) is 1. The molecule has 0 radical (unpaired) electrons. The van der Waals surface area contributed by atoms with Gasteiger partial charge in [-0.15, -0.1) is 11.8 Å². The van der Waals surface area contributed by atoms with Crippen molar-refractivity contribution in [2.45, 2.75) is 30.7 Å². The van der Waals surface area contributed by atoms with Crippen molar-refractivity contribution in [3.05, 3.63) is 24.3 Å². The molecule has 1 heterocycles. The number of para-hydroxylation sites is 2. The lowest BCUT2D eigenvalue weighted by molar-refractivity contribution is -0.139. The molecule has 3 N–H and O–H groups in total. The smallest absolute Gasteiger partial charge is 0.321 e. The van der Waals surface area contributed by atoms with Crippen molar-refractivity contribution < 1.29 is 19.4 Å². The van der Waals surface area contributed by atoms with Crippen LogP contribution in [0.25, 0.3) is 0 Å². The summed E-state index contributed by atoms with van der Waals surface area (Å²) in [5, 5.41) is 8.99. The Morgan fingerprint density at radius 3 is 2.80 bits per heavy atom. The molecule has 1 aliphatic heterocycles. The first-order valence-corrected chi connectivity index (χ1v) is 7.39. The Labute approximate surface area is 122 Å². The van der Waals surface area contributed by atoms with Gasteiger partial charge in [-0.25, -0.2) is 0 Å². The molecule has 0 saturated carbocycles. The van der Waals surface area contributed by atoms with Crippen LogP contribution in [0, 0.1) is 0 Å². The standard InChI is InChI=1S/C14H19NO4S/c1-14(2,12(15)13(16)17)20-8-9-7-18-10-5-3-4-6-11(10)19-9/h3-6,9,12H,7-8,15H2,1-2H3,(H,16,17)/t9?,12-/m0/s1. The van der Waals surface area contributed by atoms with Gasteiger partial charge in [-0.05, 0) is 26.0 Å². The normalized spacial score (nSPS) is 19.4. The van der Waals surface area contributed by atoms with Gasteiger partial charge in [-0.3, -0.25) is 4.79 Å². The van der Waals surface area contributed by atoms with Crippen LogP contribution >= 0.6 is 11.8 Å². The SMILES string of the molecule is CC(C)(SCC1COc2ccccc2O1)[C@@H](N)C(=O)O.